The molecule has 39 heavy (non-hydrogen) atoms. The second kappa shape index (κ2) is 10.7. The number of para-hydroxylation sites is 2. The van der Waals surface area contributed by atoms with Gasteiger partial charge in [-0.1, -0.05) is 36.4 Å². The Morgan fingerprint density at radius 3 is 2.44 bits per heavy atom. The first-order valence-corrected chi connectivity index (χ1v) is 12.8. The summed E-state index contributed by atoms with van der Waals surface area (Å²) in [6.07, 6.45) is 0.215. The molecule has 3 heterocycles. The summed E-state index contributed by atoms with van der Waals surface area (Å²) < 4.78 is 25.0. The van der Waals surface area contributed by atoms with E-state index in [0.717, 1.165) is 5.69 Å². The van der Waals surface area contributed by atoms with Gasteiger partial charge in [-0.25, -0.2) is 4.68 Å². The maximum Gasteiger partial charge on any atom is 0.251 e. The van der Waals surface area contributed by atoms with Gasteiger partial charge in [-0.15, -0.1) is 0 Å². The summed E-state index contributed by atoms with van der Waals surface area (Å²) in [5, 5.41) is 15.4. The van der Waals surface area contributed by atoms with E-state index in [-0.39, 0.29) is 17.3 Å². The van der Waals surface area contributed by atoms with Crippen LogP contribution in [0.2, 0.25) is 0 Å². The molecule has 1 aromatic heterocycles. The van der Waals surface area contributed by atoms with E-state index < -0.39 is 17.7 Å². The van der Waals surface area contributed by atoms with Crippen molar-refractivity contribution in [3.05, 3.63) is 82.9 Å². The molecule has 0 N–H and O–H groups in total. The number of amides is 1. The van der Waals surface area contributed by atoms with Gasteiger partial charge in [0.2, 0.25) is 18.2 Å². The van der Waals surface area contributed by atoms with Gasteiger partial charge in [0.15, 0.2) is 6.40 Å². The quantitative estimate of drug-likeness (QED) is 0.231. The van der Waals surface area contributed by atoms with Crippen LogP contribution in [0.5, 0.6) is 5.88 Å². The number of aryl methyl sites for hydroxylation is 1. The molecule has 1 spiro atoms. The molecule has 2 aliphatic heterocycles. The van der Waals surface area contributed by atoms with Crippen LogP contribution in [0, 0.1) is 18.3 Å². The van der Waals surface area contributed by atoms with Crippen molar-refractivity contribution in [2.45, 2.75) is 39.5 Å². The number of rotatable bonds is 9. The van der Waals surface area contributed by atoms with Crippen molar-refractivity contribution in [3.63, 3.8) is 0 Å². The summed E-state index contributed by atoms with van der Waals surface area (Å²) in [6, 6.07) is 19.0. The van der Waals surface area contributed by atoms with E-state index in [4.69, 9.17) is 24.0 Å². The minimum atomic E-state index is -1.61. The summed E-state index contributed by atoms with van der Waals surface area (Å²) in [5.41, 5.74) is 1.28. The average molecular weight is 528 g/mol. The van der Waals surface area contributed by atoms with Crippen molar-refractivity contribution >= 4 is 18.0 Å². The van der Waals surface area contributed by atoms with E-state index >= 15 is 0 Å². The van der Waals surface area contributed by atoms with Gasteiger partial charge >= 0.3 is 0 Å². The number of carbonyl (C=O) groups is 1. The number of benzene rings is 2. The van der Waals surface area contributed by atoms with Crippen molar-refractivity contribution in [1.29, 1.82) is 5.26 Å². The number of nitrogens with zero attached hydrogens (tertiary/aromatic N) is 5. The van der Waals surface area contributed by atoms with Crippen LogP contribution in [0.1, 0.15) is 37.6 Å². The van der Waals surface area contributed by atoms with Crippen LogP contribution in [0.25, 0.3) is 5.69 Å². The molecule has 1 unspecified atom stereocenters. The third-order valence-electron chi connectivity index (χ3n) is 6.64. The highest BCUT2D eigenvalue weighted by Gasteiger charge is 2.62. The lowest BCUT2D eigenvalue weighted by atomic mass is 9.69. The molecule has 3 aromatic rings. The van der Waals surface area contributed by atoms with Gasteiger partial charge in [-0.05, 0) is 45.9 Å². The Morgan fingerprint density at radius 1 is 1.08 bits per heavy atom. The van der Waals surface area contributed by atoms with Crippen LogP contribution >= 0.6 is 0 Å². The predicted octanol–water partition coefficient (Wildman–Crippen LogP) is 4.36. The van der Waals surface area contributed by atoms with Gasteiger partial charge in [0.1, 0.15) is 17.1 Å². The largest absolute Gasteiger partial charge is 0.483 e. The van der Waals surface area contributed by atoms with Gasteiger partial charge in [-0.3, -0.25) is 9.69 Å². The first kappa shape index (κ1) is 26.2. The number of ether oxygens (including phenoxy) is 4. The van der Waals surface area contributed by atoms with Crippen LogP contribution in [-0.2, 0) is 24.4 Å². The van der Waals surface area contributed by atoms with E-state index in [2.05, 4.69) is 11.1 Å². The Hall–Kier alpha value is -4.46. The molecule has 10 nitrogen and oxygen atoms in total. The van der Waals surface area contributed by atoms with E-state index in [1.165, 1.54) is 11.3 Å². The third-order valence-corrected chi connectivity index (χ3v) is 6.64. The first-order chi connectivity index (χ1) is 19.0. The zero-order valence-corrected chi connectivity index (χ0v) is 22.2. The van der Waals surface area contributed by atoms with Crippen molar-refractivity contribution in [1.82, 2.24) is 9.78 Å². The minimum absolute atomic E-state index is 0.0216. The number of carbonyl (C=O) groups excluding carboxylic acids is 1. The topological polar surface area (TPSA) is 111 Å². The summed E-state index contributed by atoms with van der Waals surface area (Å²) in [5.74, 6) is -0.183. The van der Waals surface area contributed by atoms with Crippen LogP contribution in [0.15, 0.2) is 71.0 Å². The summed E-state index contributed by atoms with van der Waals surface area (Å²) >= 11 is 0. The lowest BCUT2D eigenvalue weighted by molar-refractivity contribution is -0.150. The molecule has 0 aliphatic carbocycles. The molecule has 2 aliphatic rings. The zero-order chi connectivity index (χ0) is 27.6. The molecular weight excluding hydrogens is 498 g/mol. The molecule has 2 aromatic carbocycles. The van der Waals surface area contributed by atoms with Crippen molar-refractivity contribution in [2.24, 2.45) is 4.99 Å². The second-order valence-electron chi connectivity index (χ2n) is 8.76. The minimum Gasteiger partial charge on any atom is -0.483 e. The fraction of sp³-hybridized carbons (Fsp3) is 0.310. The first-order valence-electron chi connectivity index (χ1n) is 12.8. The SMILES string of the molecule is CCOC=NC1=C(C#N)C2(C(=O)N(C(OCC)OCC)c3ccccc32)c2c(C)nn(-c3ccccc3)c2O1. The van der Waals surface area contributed by atoms with Crippen molar-refractivity contribution in [2.75, 3.05) is 24.7 Å². The van der Waals surface area contributed by atoms with E-state index in [1.54, 1.807) is 11.6 Å². The highest BCUT2D eigenvalue weighted by atomic mass is 16.7. The molecule has 0 fully saturated rings. The normalized spacial score (nSPS) is 18.1. The number of anilines is 1. The molecule has 5 rings (SSSR count). The molecule has 0 saturated heterocycles. The molecule has 200 valence electrons. The number of nitriles is 1. The second-order valence-corrected chi connectivity index (χ2v) is 8.76. The van der Waals surface area contributed by atoms with Gasteiger partial charge < -0.3 is 18.9 Å². The monoisotopic (exact) mass is 527 g/mol. The van der Waals surface area contributed by atoms with Gasteiger partial charge in [0.25, 0.3) is 5.91 Å². The number of hydrogen-bond acceptors (Lipinski definition) is 8. The summed E-state index contributed by atoms with van der Waals surface area (Å²) in [7, 11) is 0. The molecule has 1 atom stereocenters. The third kappa shape index (κ3) is 3.98. The zero-order valence-electron chi connectivity index (χ0n) is 22.2. The molecule has 1 amide bonds. The fourth-order valence-electron chi connectivity index (χ4n) is 5.17. The number of hydrogen-bond donors (Lipinski definition) is 0. The van der Waals surface area contributed by atoms with Crippen LogP contribution in [0.4, 0.5) is 5.69 Å². The summed E-state index contributed by atoms with van der Waals surface area (Å²) in [4.78, 5) is 20.7. The Labute approximate surface area is 226 Å². The Balaban J connectivity index is 1.86. The van der Waals surface area contributed by atoms with Gasteiger partial charge in [0, 0.05) is 18.8 Å². The van der Waals surface area contributed by atoms with Gasteiger partial charge in [-0.2, -0.15) is 15.4 Å². The highest BCUT2D eigenvalue weighted by Crippen LogP contribution is 2.57. The van der Waals surface area contributed by atoms with E-state index in [0.29, 0.717) is 42.3 Å². The lowest BCUT2D eigenvalue weighted by Gasteiger charge is -2.34. The Kier molecular flexibility index (Phi) is 7.19. The number of aliphatic imine (C=N–C) groups is 1. The lowest BCUT2D eigenvalue weighted by Crippen LogP contribution is -2.50. The van der Waals surface area contributed by atoms with Crippen LogP contribution in [-0.4, -0.2) is 48.3 Å². The van der Waals surface area contributed by atoms with Gasteiger partial charge in [0.05, 0.1) is 29.2 Å². The van der Waals surface area contributed by atoms with Crippen molar-refractivity contribution < 1.29 is 23.7 Å². The summed E-state index contributed by atoms with van der Waals surface area (Å²) in [6.45, 7) is 8.27. The fourth-order valence-corrected chi connectivity index (χ4v) is 5.17. The molecule has 0 saturated carbocycles. The standard InChI is InChI=1S/C29H29N5O5/c1-5-36-18-31-25-22(17-30)29(24-19(4)32-34(26(24)39-25)20-13-9-8-10-14-20)21-15-11-12-16-23(21)33(27(29)35)28(37-6-2)38-7-3/h8-16,18,28H,5-7H2,1-4H3. The van der Waals surface area contributed by atoms with E-state index in [9.17, 15) is 10.1 Å². The molecule has 0 radical (unpaired) electrons. The Morgan fingerprint density at radius 2 is 1.77 bits per heavy atom. The molecular formula is C29H29N5O5. The smallest absolute Gasteiger partial charge is 0.251 e. The number of aromatic nitrogens is 2. The van der Waals surface area contributed by atoms with Crippen LogP contribution < -0.4 is 9.64 Å². The molecule has 0 bridgehead atoms. The maximum atomic E-state index is 14.8. The predicted molar refractivity (Wildman–Crippen MR) is 143 cm³/mol. The van der Waals surface area contributed by atoms with Crippen LogP contribution in [0.3, 0.4) is 0 Å². The number of fused-ring (bicyclic) bond motifs is 4. The molecule has 10 heteroatoms. The van der Waals surface area contributed by atoms with Crippen molar-refractivity contribution in [3.8, 4) is 17.6 Å². The highest BCUT2D eigenvalue weighted by molar-refractivity contribution is 6.14. The average Bonchev–Trinajstić information content (AvgIpc) is 3.41. The van der Waals surface area contributed by atoms with E-state index in [1.807, 2.05) is 75.4 Å². The Bertz CT molecular complexity index is 1480. The maximum absolute atomic E-state index is 14.8.